The van der Waals surface area contributed by atoms with Gasteiger partial charge in [0.25, 0.3) is 5.91 Å². The Labute approximate surface area is 140 Å². The Bertz CT molecular complexity index is 745. The maximum atomic E-state index is 13.2. The molecule has 2 aromatic rings. The summed E-state index contributed by atoms with van der Waals surface area (Å²) in [6.45, 7) is 1.94. The van der Waals surface area contributed by atoms with E-state index in [1.165, 1.54) is 19.3 Å². The first-order chi connectivity index (χ1) is 11.2. The fourth-order valence-corrected chi connectivity index (χ4v) is 3.72. The summed E-state index contributed by atoms with van der Waals surface area (Å²) in [6.07, 6.45) is 5.35. The molecule has 4 nitrogen and oxygen atoms in total. The number of amides is 1. The molecule has 1 aromatic heterocycles. The number of nitrogens with zero attached hydrogens (tertiary/aromatic N) is 2. The van der Waals surface area contributed by atoms with Gasteiger partial charge in [-0.1, -0.05) is 24.1 Å². The smallest absolute Gasteiger partial charge is 0.255 e. The molecule has 2 fully saturated rings. The minimum Gasteiger partial charge on any atom is -0.377 e. The normalized spacial score (nSPS) is 22.1. The zero-order chi connectivity index (χ0) is 15.8. The van der Waals surface area contributed by atoms with Gasteiger partial charge in [0.05, 0.1) is 30.3 Å². The van der Waals surface area contributed by atoms with Crippen LogP contribution in [0, 0.1) is 5.92 Å². The molecule has 1 aliphatic carbocycles. The van der Waals surface area contributed by atoms with Crippen molar-refractivity contribution in [3.63, 3.8) is 0 Å². The Morgan fingerprint density at radius 1 is 1.30 bits per heavy atom. The summed E-state index contributed by atoms with van der Waals surface area (Å²) in [4.78, 5) is 19.5. The number of rotatable bonds is 2. The Balaban J connectivity index is 1.70. The third-order valence-corrected chi connectivity index (χ3v) is 5.29. The molecule has 1 aliphatic heterocycles. The molecule has 0 spiro atoms. The first-order valence-corrected chi connectivity index (χ1v) is 8.55. The summed E-state index contributed by atoms with van der Waals surface area (Å²) >= 11 is 6.04. The van der Waals surface area contributed by atoms with E-state index in [1.807, 2.05) is 23.1 Å². The van der Waals surface area contributed by atoms with Crippen LogP contribution in [0.2, 0.25) is 5.02 Å². The van der Waals surface area contributed by atoms with Crippen molar-refractivity contribution in [3.8, 4) is 0 Å². The maximum Gasteiger partial charge on any atom is 0.255 e. The van der Waals surface area contributed by atoms with Crippen LogP contribution < -0.4 is 0 Å². The fraction of sp³-hybridized carbons (Fsp3) is 0.444. The van der Waals surface area contributed by atoms with Gasteiger partial charge in [0.2, 0.25) is 0 Å². The second-order valence-electron chi connectivity index (χ2n) is 6.35. The van der Waals surface area contributed by atoms with Gasteiger partial charge in [0.15, 0.2) is 0 Å². The van der Waals surface area contributed by atoms with Gasteiger partial charge in [-0.3, -0.25) is 9.78 Å². The Morgan fingerprint density at radius 3 is 2.96 bits per heavy atom. The highest BCUT2D eigenvalue weighted by Crippen LogP contribution is 2.34. The van der Waals surface area contributed by atoms with Crippen LogP contribution >= 0.6 is 11.6 Å². The summed E-state index contributed by atoms with van der Waals surface area (Å²) < 4.78 is 5.63. The van der Waals surface area contributed by atoms with Crippen LogP contribution in [0.3, 0.4) is 0 Å². The van der Waals surface area contributed by atoms with Gasteiger partial charge in [-0.15, -0.1) is 0 Å². The highest BCUT2D eigenvalue weighted by molar-refractivity contribution is 6.31. The maximum absolute atomic E-state index is 13.2. The quantitative estimate of drug-likeness (QED) is 0.846. The molecule has 0 bridgehead atoms. The highest BCUT2D eigenvalue weighted by atomic mass is 35.5. The van der Waals surface area contributed by atoms with Gasteiger partial charge in [-0.25, -0.2) is 0 Å². The van der Waals surface area contributed by atoms with Gasteiger partial charge in [-0.2, -0.15) is 0 Å². The molecule has 2 aliphatic rings. The lowest BCUT2D eigenvalue weighted by molar-refractivity contribution is -0.0329. The number of fused-ring (bicyclic) bond motifs is 1. The second kappa shape index (κ2) is 6.10. The van der Waals surface area contributed by atoms with Crippen LogP contribution in [0.4, 0.5) is 0 Å². The standard InChI is InChI=1S/C18H19ClN2O2/c19-13-4-5-14-15(6-7-20-16(14)10-13)18(22)21-8-9-23-11-17(21)12-2-1-3-12/h4-7,10,12,17H,1-3,8-9,11H2. The van der Waals surface area contributed by atoms with Crippen LogP contribution in [0.25, 0.3) is 10.9 Å². The van der Waals surface area contributed by atoms with E-state index in [9.17, 15) is 4.79 Å². The second-order valence-corrected chi connectivity index (χ2v) is 6.79. The van der Waals surface area contributed by atoms with Crippen molar-refractivity contribution in [2.75, 3.05) is 19.8 Å². The molecule has 120 valence electrons. The topological polar surface area (TPSA) is 42.4 Å². The summed E-state index contributed by atoms with van der Waals surface area (Å²) in [7, 11) is 0. The molecular weight excluding hydrogens is 312 g/mol. The number of halogens is 1. The van der Waals surface area contributed by atoms with E-state index in [1.54, 1.807) is 12.3 Å². The minimum atomic E-state index is 0.0833. The van der Waals surface area contributed by atoms with E-state index >= 15 is 0 Å². The van der Waals surface area contributed by atoms with Gasteiger partial charge in [-0.05, 0) is 37.0 Å². The first kappa shape index (κ1) is 14.9. The van der Waals surface area contributed by atoms with E-state index in [-0.39, 0.29) is 11.9 Å². The van der Waals surface area contributed by atoms with E-state index in [0.717, 1.165) is 10.9 Å². The van der Waals surface area contributed by atoms with Crippen molar-refractivity contribution in [1.82, 2.24) is 9.88 Å². The average Bonchev–Trinajstić information content (AvgIpc) is 2.52. The van der Waals surface area contributed by atoms with Crippen LogP contribution in [-0.2, 0) is 4.74 Å². The molecule has 23 heavy (non-hydrogen) atoms. The van der Waals surface area contributed by atoms with Crippen LogP contribution in [0.15, 0.2) is 30.5 Å². The lowest BCUT2D eigenvalue weighted by atomic mass is 9.79. The van der Waals surface area contributed by atoms with Gasteiger partial charge < -0.3 is 9.64 Å². The molecule has 1 saturated carbocycles. The number of morpholine rings is 1. The van der Waals surface area contributed by atoms with Crippen molar-refractivity contribution in [3.05, 3.63) is 41.0 Å². The lowest BCUT2D eigenvalue weighted by Gasteiger charge is -2.43. The minimum absolute atomic E-state index is 0.0833. The Morgan fingerprint density at radius 2 is 2.17 bits per heavy atom. The number of carbonyl (C=O) groups is 1. The first-order valence-electron chi connectivity index (χ1n) is 8.17. The molecule has 0 N–H and O–H groups in total. The van der Waals surface area contributed by atoms with Gasteiger partial charge in [0.1, 0.15) is 0 Å². The number of carbonyl (C=O) groups excluding carboxylic acids is 1. The summed E-state index contributed by atoms with van der Waals surface area (Å²) in [5.74, 6) is 0.668. The van der Waals surface area contributed by atoms with Crippen molar-refractivity contribution in [2.45, 2.75) is 25.3 Å². The third-order valence-electron chi connectivity index (χ3n) is 5.06. The van der Waals surface area contributed by atoms with E-state index in [2.05, 4.69) is 4.98 Å². The summed E-state index contributed by atoms with van der Waals surface area (Å²) in [5.41, 5.74) is 1.47. The van der Waals surface area contributed by atoms with Crippen molar-refractivity contribution >= 4 is 28.4 Å². The SMILES string of the molecule is O=C(c1ccnc2cc(Cl)ccc12)N1CCOCC1C1CCC1. The van der Waals surface area contributed by atoms with Gasteiger partial charge >= 0.3 is 0 Å². The fourth-order valence-electron chi connectivity index (χ4n) is 3.55. The van der Waals surface area contributed by atoms with E-state index in [4.69, 9.17) is 16.3 Å². The molecule has 1 amide bonds. The molecule has 2 heterocycles. The van der Waals surface area contributed by atoms with Crippen molar-refractivity contribution in [2.24, 2.45) is 5.92 Å². The summed E-state index contributed by atoms with van der Waals surface area (Å²) in [5, 5.41) is 1.49. The monoisotopic (exact) mass is 330 g/mol. The molecule has 1 atom stereocenters. The molecule has 4 rings (SSSR count). The van der Waals surface area contributed by atoms with Crippen molar-refractivity contribution < 1.29 is 9.53 Å². The third kappa shape index (κ3) is 2.70. The predicted octanol–water partition coefficient (Wildman–Crippen LogP) is 3.53. The number of pyridine rings is 1. The molecule has 0 radical (unpaired) electrons. The van der Waals surface area contributed by atoms with Gasteiger partial charge in [0, 0.05) is 23.2 Å². The molecule has 1 saturated heterocycles. The number of benzene rings is 1. The number of hydrogen-bond acceptors (Lipinski definition) is 3. The number of ether oxygens (including phenoxy) is 1. The Kier molecular flexibility index (Phi) is 3.95. The number of hydrogen-bond donors (Lipinski definition) is 0. The van der Waals surface area contributed by atoms with Crippen LogP contribution in [0.5, 0.6) is 0 Å². The zero-order valence-electron chi connectivity index (χ0n) is 12.9. The van der Waals surface area contributed by atoms with E-state index < -0.39 is 0 Å². The molecule has 5 heteroatoms. The van der Waals surface area contributed by atoms with Crippen molar-refractivity contribution in [1.29, 1.82) is 0 Å². The average molecular weight is 331 g/mol. The zero-order valence-corrected chi connectivity index (χ0v) is 13.6. The summed E-state index contributed by atoms with van der Waals surface area (Å²) in [6, 6.07) is 7.52. The highest BCUT2D eigenvalue weighted by Gasteiger charge is 2.37. The molecular formula is C18H19ClN2O2. The Hall–Kier alpha value is -1.65. The molecule has 1 unspecified atom stereocenters. The predicted molar refractivity (Wildman–Crippen MR) is 89.7 cm³/mol. The largest absolute Gasteiger partial charge is 0.377 e. The number of aromatic nitrogens is 1. The molecule has 1 aromatic carbocycles. The van der Waals surface area contributed by atoms with Crippen LogP contribution in [-0.4, -0.2) is 41.6 Å². The lowest BCUT2D eigenvalue weighted by Crippen LogP contribution is -2.53. The van der Waals surface area contributed by atoms with E-state index in [0.29, 0.717) is 36.3 Å². The van der Waals surface area contributed by atoms with Crippen LogP contribution in [0.1, 0.15) is 29.6 Å².